The molecule has 9 nitrogen and oxygen atoms in total. The zero-order valence-corrected chi connectivity index (χ0v) is 16.3. The third-order valence-electron chi connectivity index (χ3n) is 3.30. The summed E-state index contributed by atoms with van der Waals surface area (Å²) >= 11 is 0.976. The summed E-state index contributed by atoms with van der Waals surface area (Å²) in [6.07, 6.45) is 0. The molecule has 0 aliphatic heterocycles. The number of rotatable bonds is 8. The van der Waals surface area contributed by atoms with Gasteiger partial charge in [-0.05, 0) is 29.5 Å². The highest BCUT2D eigenvalue weighted by Gasteiger charge is 2.40. The quantitative estimate of drug-likeness (QED) is 0.380. The van der Waals surface area contributed by atoms with Crippen molar-refractivity contribution in [3.63, 3.8) is 0 Å². The lowest BCUT2D eigenvalue weighted by Crippen LogP contribution is -2.39. The van der Waals surface area contributed by atoms with Gasteiger partial charge in [0.25, 0.3) is 15.7 Å². The maximum Gasteiger partial charge on any atom is 0.394 e. The molecule has 1 heterocycles. The molecule has 142 valence electrons. The van der Waals surface area contributed by atoms with Crippen LogP contribution in [-0.4, -0.2) is 24.0 Å². The van der Waals surface area contributed by atoms with Crippen LogP contribution in [0.2, 0.25) is 0 Å². The summed E-state index contributed by atoms with van der Waals surface area (Å²) in [5.41, 5.74) is -0.205. The van der Waals surface area contributed by atoms with Crippen LogP contribution >= 0.6 is 18.9 Å². The smallest absolute Gasteiger partial charge is 0.394 e. The van der Waals surface area contributed by atoms with Gasteiger partial charge >= 0.3 is 7.60 Å². The van der Waals surface area contributed by atoms with Gasteiger partial charge in [0.1, 0.15) is 15.7 Å². The van der Waals surface area contributed by atoms with Crippen molar-refractivity contribution in [3.05, 3.63) is 51.9 Å². The van der Waals surface area contributed by atoms with Crippen LogP contribution in [0, 0.1) is 16.0 Å². The number of nitrogens with zero attached hydrogens (tertiary/aromatic N) is 1. The van der Waals surface area contributed by atoms with E-state index in [0.717, 1.165) is 23.5 Å². The van der Waals surface area contributed by atoms with Crippen molar-refractivity contribution in [1.29, 1.82) is 0 Å². The molecule has 0 amide bonds. The van der Waals surface area contributed by atoms with Gasteiger partial charge < -0.3 is 9.42 Å². The molecule has 0 saturated carbocycles. The van der Waals surface area contributed by atoms with Crippen LogP contribution in [0.5, 0.6) is 5.75 Å². The first kappa shape index (κ1) is 20.5. The maximum atomic E-state index is 12.7. The van der Waals surface area contributed by atoms with E-state index in [-0.39, 0.29) is 15.6 Å². The molecule has 2 rings (SSSR count). The Bertz CT molecular complexity index is 911. The molecule has 12 heteroatoms. The molecule has 1 aromatic carbocycles. The molecule has 0 saturated heterocycles. The molecule has 0 bridgehead atoms. The van der Waals surface area contributed by atoms with Crippen molar-refractivity contribution in [2.24, 2.45) is 5.92 Å². The maximum absolute atomic E-state index is 12.7. The molecular formula is C14H17N2O7PS2. The normalized spacial score (nSPS) is 15.4. The lowest BCUT2D eigenvalue weighted by atomic mass is 10.2. The first-order valence-corrected chi connectivity index (χ1v) is 11.4. The second-order valence-corrected chi connectivity index (χ2v) is 10.4. The zero-order valence-electron chi connectivity index (χ0n) is 13.8. The monoisotopic (exact) mass is 420 g/mol. The fourth-order valence-corrected chi connectivity index (χ4v) is 6.52. The van der Waals surface area contributed by atoms with Crippen LogP contribution in [0.1, 0.15) is 13.8 Å². The van der Waals surface area contributed by atoms with Gasteiger partial charge in [-0.15, -0.1) is 11.3 Å². The Kier molecular flexibility index (Phi) is 6.20. The van der Waals surface area contributed by atoms with Gasteiger partial charge in [-0.3, -0.25) is 10.1 Å². The van der Waals surface area contributed by atoms with Gasteiger partial charge in [-0.25, -0.2) is 13.0 Å². The Hall–Kier alpha value is -1.78. The van der Waals surface area contributed by atoms with E-state index in [1.165, 1.54) is 18.2 Å². The molecule has 26 heavy (non-hydrogen) atoms. The summed E-state index contributed by atoms with van der Waals surface area (Å²) in [6, 6.07) is 7.52. The van der Waals surface area contributed by atoms with Gasteiger partial charge in [-0.1, -0.05) is 19.9 Å². The summed E-state index contributed by atoms with van der Waals surface area (Å²) in [5, 5.41) is 12.2. The van der Waals surface area contributed by atoms with Crippen LogP contribution in [0.25, 0.3) is 0 Å². The minimum Gasteiger partial charge on any atom is -0.423 e. The first-order valence-electron chi connectivity index (χ1n) is 7.35. The van der Waals surface area contributed by atoms with Crippen LogP contribution in [0.4, 0.5) is 5.69 Å². The van der Waals surface area contributed by atoms with E-state index >= 15 is 0 Å². The summed E-state index contributed by atoms with van der Waals surface area (Å²) in [6.45, 7) is 3.15. The van der Waals surface area contributed by atoms with Crippen molar-refractivity contribution in [2.45, 2.75) is 23.8 Å². The average molecular weight is 420 g/mol. The van der Waals surface area contributed by atoms with Crippen LogP contribution < -0.4 is 9.25 Å². The van der Waals surface area contributed by atoms with Gasteiger partial charge in [0.2, 0.25) is 0 Å². The highest BCUT2D eigenvalue weighted by Crippen LogP contribution is 2.49. The number of hydrogen-bond donors (Lipinski definition) is 2. The van der Waals surface area contributed by atoms with E-state index in [1.807, 2.05) is 0 Å². The predicted molar refractivity (Wildman–Crippen MR) is 96.8 cm³/mol. The number of nitro groups is 1. The molecular weight excluding hydrogens is 403 g/mol. The summed E-state index contributed by atoms with van der Waals surface area (Å²) in [7, 11) is -8.46. The lowest BCUT2D eigenvalue weighted by molar-refractivity contribution is -0.384. The zero-order chi connectivity index (χ0) is 19.5. The number of hydrogen-bond acceptors (Lipinski definition) is 7. The van der Waals surface area contributed by atoms with Crippen LogP contribution in [0.3, 0.4) is 0 Å². The van der Waals surface area contributed by atoms with Gasteiger partial charge in [0.15, 0.2) is 0 Å². The minimum absolute atomic E-state index is 0.0125. The average Bonchev–Trinajstić information content (AvgIpc) is 3.08. The third-order valence-corrected chi connectivity index (χ3v) is 8.22. The lowest BCUT2D eigenvalue weighted by Gasteiger charge is -2.26. The molecule has 2 N–H and O–H groups in total. The number of sulfonamides is 1. The van der Waals surface area contributed by atoms with Crippen LogP contribution in [0.15, 0.2) is 46.0 Å². The molecule has 0 fully saturated rings. The summed E-state index contributed by atoms with van der Waals surface area (Å²) < 4.78 is 44.7. The minimum atomic E-state index is -4.47. The van der Waals surface area contributed by atoms with Crippen LogP contribution in [-0.2, 0) is 14.6 Å². The Morgan fingerprint density at radius 2 is 1.88 bits per heavy atom. The SMILES string of the molecule is CC(C)C(NS(=O)(=O)c1cccs1)P(=O)(O)Oc1ccc([N+](=O)[O-])cc1. The molecule has 1 aromatic heterocycles. The molecule has 0 radical (unpaired) electrons. The molecule has 0 aliphatic rings. The Morgan fingerprint density at radius 1 is 1.27 bits per heavy atom. The van der Waals surface area contributed by atoms with E-state index in [4.69, 9.17) is 4.52 Å². The highest BCUT2D eigenvalue weighted by molar-refractivity contribution is 7.91. The topological polar surface area (TPSA) is 136 Å². The number of nitrogens with one attached hydrogen (secondary N) is 1. The van der Waals surface area contributed by atoms with E-state index in [1.54, 1.807) is 25.3 Å². The second kappa shape index (κ2) is 7.85. The van der Waals surface area contributed by atoms with Gasteiger partial charge in [0.05, 0.1) is 4.92 Å². The van der Waals surface area contributed by atoms with Gasteiger partial charge in [-0.2, -0.15) is 4.72 Å². The molecule has 0 aliphatic carbocycles. The second-order valence-electron chi connectivity index (χ2n) is 5.65. The van der Waals surface area contributed by atoms with E-state index < -0.39 is 34.2 Å². The van der Waals surface area contributed by atoms with E-state index in [2.05, 4.69) is 4.72 Å². The predicted octanol–water partition coefficient (Wildman–Crippen LogP) is 3.18. The largest absolute Gasteiger partial charge is 0.423 e. The summed E-state index contributed by atoms with van der Waals surface area (Å²) in [4.78, 5) is 20.3. The fourth-order valence-electron chi connectivity index (χ4n) is 2.05. The molecule has 2 atom stereocenters. The number of thiophene rings is 1. The number of non-ortho nitro benzene ring substituents is 1. The molecule has 2 aromatic rings. The van der Waals surface area contributed by atoms with E-state index in [0.29, 0.717) is 0 Å². The Labute approximate surface area is 154 Å². The highest BCUT2D eigenvalue weighted by atomic mass is 32.2. The van der Waals surface area contributed by atoms with Crippen molar-refractivity contribution >= 4 is 34.6 Å². The Morgan fingerprint density at radius 3 is 2.35 bits per heavy atom. The molecule has 2 unspecified atom stereocenters. The molecule has 0 spiro atoms. The van der Waals surface area contributed by atoms with Crippen molar-refractivity contribution in [2.75, 3.05) is 0 Å². The Balaban J connectivity index is 2.24. The van der Waals surface area contributed by atoms with E-state index in [9.17, 15) is 28.0 Å². The standard InChI is InChI=1S/C14H17N2O7PS2/c1-10(2)14(15-26(21,22)13-4-3-9-25-13)24(19,20)23-12-7-5-11(6-8-12)16(17)18/h3-10,14-15H,1-2H3,(H,19,20). The summed E-state index contributed by atoms with van der Waals surface area (Å²) in [5.74, 6) is -2.04. The number of nitro benzene ring substituents is 1. The van der Waals surface area contributed by atoms with Crippen molar-refractivity contribution < 1.29 is 27.3 Å². The van der Waals surface area contributed by atoms with Gasteiger partial charge in [0, 0.05) is 12.1 Å². The fraction of sp³-hybridized carbons (Fsp3) is 0.286. The number of benzene rings is 1. The van der Waals surface area contributed by atoms with Crippen molar-refractivity contribution in [3.8, 4) is 5.75 Å². The first-order chi connectivity index (χ1) is 12.0. The van der Waals surface area contributed by atoms with Crippen molar-refractivity contribution in [1.82, 2.24) is 4.72 Å². The third kappa shape index (κ3) is 4.89.